The third kappa shape index (κ3) is 11.7. The summed E-state index contributed by atoms with van der Waals surface area (Å²) >= 11 is 7.08. The van der Waals surface area contributed by atoms with Crippen molar-refractivity contribution in [2.75, 3.05) is 10.7 Å². The number of alkyl halides is 2. The van der Waals surface area contributed by atoms with E-state index >= 15 is 0 Å². The van der Waals surface area contributed by atoms with Gasteiger partial charge in [-0.3, -0.25) is 0 Å². The zero-order valence-electron chi connectivity index (χ0n) is 21.1. The van der Waals surface area contributed by atoms with Crippen LogP contribution in [0.3, 0.4) is 0 Å². The summed E-state index contributed by atoms with van der Waals surface area (Å²) in [7, 11) is -3.54. The van der Waals surface area contributed by atoms with Gasteiger partial charge in [-0.05, 0) is 61.9 Å². The average Bonchev–Trinajstić information content (AvgIpc) is 2.59. The van der Waals surface area contributed by atoms with Gasteiger partial charge in [0.05, 0.1) is 0 Å². The third-order valence-electron chi connectivity index (χ3n) is 7.64. The molecule has 0 saturated carbocycles. The Morgan fingerprint density at radius 1 is 0.517 bits per heavy atom. The van der Waals surface area contributed by atoms with Crippen molar-refractivity contribution in [3.8, 4) is 0 Å². The van der Waals surface area contributed by atoms with Gasteiger partial charge in [-0.2, -0.15) is 0 Å². The molecule has 0 aromatic rings. The fourth-order valence-electron chi connectivity index (χ4n) is 3.90. The minimum atomic E-state index is -1.77. The molecule has 5 heteroatoms. The number of halogens is 2. The quantitative estimate of drug-likeness (QED) is 0.0902. The molecule has 0 saturated heterocycles. The Morgan fingerprint density at radius 3 is 1.10 bits per heavy atom. The molecule has 0 heterocycles. The Hall–Kier alpha value is 1.35. The summed E-state index contributed by atoms with van der Waals surface area (Å²) in [4.78, 5) is 0. The summed E-state index contributed by atoms with van der Waals surface area (Å²) in [5, 5.41) is 2.99. The Balaban J connectivity index is 4.64. The maximum Gasteiger partial charge on any atom is 0.179 e. The van der Waals surface area contributed by atoms with Crippen LogP contribution < -0.4 is 0 Å². The van der Waals surface area contributed by atoms with E-state index in [4.69, 9.17) is 4.12 Å². The number of hydrogen-bond acceptors (Lipinski definition) is 1. The first-order valence-corrected chi connectivity index (χ1v) is 20.2. The topological polar surface area (TPSA) is 9.23 Å². The minimum absolute atomic E-state index is 0.346. The summed E-state index contributed by atoms with van der Waals surface area (Å²) in [6, 6.07) is 0. The van der Waals surface area contributed by atoms with Crippen LogP contribution >= 0.6 is 31.9 Å². The Labute approximate surface area is 203 Å². The van der Waals surface area contributed by atoms with Gasteiger partial charge in [0.25, 0.3) is 0 Å². The summed E-state index contributed by atoms with van der Waals surface area (Å²) in [6.07, 6.45) is 16.2. The molecule has 0 aromatic heterocycles. The third-order valence-corrected chi connectivity index (χ3v) is 19.9. The molecule has 0 amide bonds. The van der Waals surface area contributed by atoms with Gasteiger partial charge in [-0.15, -0.1) is 0 Å². The van der Waals surface area contributed by atoms with Crippen molar-refractivity contribution < 1.29 is 4.12 Å². The van der Waals surface area contributed by atoms with E-state index in [-0.39, 0.29) is 0 Å². The van der Waals surface area contributed by atoms with Gasteiger partial charge < -0.3 is 4.12 Å². The van der Waals surface area contributed by atoms with Crippen LogP contribution in [0.1, 0.15) is 105 Å². The Morgan fingerprint density at radius 2 is 0.793 bits per heavy atom. The molecule has 0 fully saturated rings. The zero-order chi connectivity index (χ0) is 22.6. The largest absolute Gasteiger partial charge is 0.455 e. The summed E-state index contributed by atoms with van der Waals surface area (Å²) in [5.41, 5.74) is 0. The van der Waals surface area contributed by atoms with E-state index in [0.717, 1.165) is 10.7 Å². The van der Waals surface area contributed by atoms with E-state index in [1.165, 1.54) is 77.0 Å². The van der Waals surface area contributed by atoms with Crippen LogP contribution in [0.5, 0.6) is 0 Å². The smallest absolute Gasteiger partial charge is 0.179 e. The van der Waals surface area contributed by atoms with E-state index in [1.807, 2.05) is 0 Å². The van der Waals surface area contributed by atoms with Crippen LogP contribution in [0.15, 0.2) is 0 Å². The van der Waals surface area contributed by atoms with Crippen molar-refractivity contribution in [2.24, 2.45) is 0 Å². The lowest BCUT2D eigenvalue weighted by Gasteiger charge is -2.49. The van der Waals surface area contributed by atoms with Crippen molar-refractivity contribution in [3.05, 3.63) is 0 Å². The van der Waals surface area contributed by atoms with Crippen LogP contribution in [0.2, 0.25) is 36.3 Å². The van der Waals surface area contributed by atoms with E-state index < -0.39 is 16.6 Å². The highest BCUT2D eigenvalue weighted by atomic mass is 79.9. The number of unbranched alkanes of at least 4 members (excludes halogenated alkanes) is 8. The monoisotopic (exact) mass is 570 g/mol. The predicted molar refractivity (Wildman–Crippen MR) is 147 cm³/mol. The average molecular weight is 573 g/mol. The molecule has 0 aliphatic rings. The van der Waals surface area contributed by atoms with Crippen LogP contribution in [-0.4, -0.2) is 27.3 Å². The van der Waals surface area contributed by atoms with Gasteiger partial charge in [0.2, 0.25) is 0 Å². The molecule has 0 aliphatic heterocycles. The normalized spacial score (nSPS) is 13.9. The Bertz CT molecular complexity index is 385. The van der Waals surface area contributed by atoms with Gasteiger partial charge in [0, 0.05) is 10.7 Å². The highest BCUT2D eigenvalue weighted by molar-refractivity contribution is 9.09. The SMILES string of the molecule is CC(C)(CCCCCCCBr)[Si](C)(C)O[Si](C)(C)C(C)(C)CCCCCCCBr. The zero-order valence-corrected chi connectivity index (χ0v) is 26.2. The van der Waals surface area contributed by atoms with Crippen molar-refractivity contribution in [1.82, 2.24) is 0 Å². The maximum absolute atomic E-state index is 7.21. The molecular formula is C24H52Br2OSi2. The summed E-state index contributed by atoms with van der Waals surface area (Å²) in [5.74, 6) is 0. The van der Waals surface area contributed by atoms with Crippen LogP contribution in [0.25, 0.3) is 0 Å². The van der Waals surface area contributed by atoms with Crippen molar-refractivity contribution in [2.45, 2.75) is 141 Å². The van der Waals surface area contributed by atoms with Gasteiger partial charge in [-0.1, -0.05) is 111 Å². The van der Waals surface area contributed by atoms with Crippen molar-refractivity contribution in [1.29, 1.82) is 0 Å². The molecule has 0 bridgehead atoms. The van der Waals surface area contributed by atoms with Gasteiger partial charge >= 0.3 is 0 Å². The molecule has 0 rings (SSSR count). The number of hydrogen-bond donors (Lipinski definition) is 0. The molecule has 0 aromatic carbocycles. The molecule has 29 heavy (non-hydrogen) atoms. The first kappa shape index (κ1) is 30.4. The molecule has 0 aliphatic carbocycles. The molecule has 0 N–H and O–H groups in total. The molecule has 0 radical (unpaired) electrons. The van der Waals surface area contributed by atoms with Gasteiger partial charge in [0.15, 0.2) is 16.6 Å². The first-order valence-electron chi connectivity index (χ1n) is 12.1. The van der Waals surface area contributed by atoms with E-state index in [2.05, 4.69) is 85.7 Å². The first-order chi connectivity index (χ1) is 13.3. The molecule has 0 spiro atoms. The second-order valence-electron chi connectivity index (χ2n) is 11.3. The highest BCUT2D eigenvalue weighted by Gasteiger charge is 2.49. The minimum Gasteiger partial charge on any atom is -0.455 e. The Kier molecular flexibility index (Phi) is 15.2. The van der Waals surface area contributed by atoms with E-state index in [0.29, 0.717) is 10.1 Å². The molecular weight excluding hydrogens is 520 g/mol. The standard InChI is InChI=1S/C24H52Br2OSi2/c1-23(2,19-15-11-9-13-17-21-25)28(5,6)27-29(7,8)24(3,4)20-16-12-10-14-18-22-26/h9-22H2,1-8H3. The van der Waals surface area contributed by atoms with E-state index in [1.54, 1.807) is 0 Å². The molecule has 0 atom stereocenters. The predicted octanol–water partition coefficient (Wildman–Crippen LogP) is 10.4. The lowest BCUT2D eigenvalue weighted by molar-refractivity contribution is 0.397. The molecule has 176 valence electrons. The highest BCUT2D eigenvalue weighted by Crippen LogP contribution is 2.49. The fourth-order valence-corrected chi connectivity index (χ4v) is 13.6. The molecule has 1 nitrogen and oxygen atoms in total. The number of rotatable bonds is 18. The van der Waals surface area contributed by atoms with Gasteiger partial charge in [0.1, 0.15) is 0 Å². The van der Waals surface area contributed by atoms with Crippen LogP contribution in [0, 0.1) is 0 Å². The second kappa shape index (κ2) is 14.5. The molecule has 0 unspecified atom stereocenters. The van der Waals surface area contributed by atoms with Crippen LogP contribution in [0.4, 0.5) is 0 Å². The lowest BCUT2D eigenvalue weighted by atomic mass is 10.0. The van der Waals surface area contributed by atoms with Crippen molar-refractivity contribution >= 4 is 48.5 Å². The lowest BCUT2D eigenvalue weighted by Crippen LogP contribution is -2.55. The maximum atomic E-state index is 7.21. The van der Waals surface area contributed by atoms with Gasteiger partial charge in [-0.25, -0.2) is 0 Å². The fraction of sp³-hybridized carbons (Fsp3) is 1.00. The van der Waals surface area contributed by atoms with Crippen LogP contribution in [-0.2, 0) is 4.12 Å². The van der Waals surface area contributed by atoms with Crippen molar-refractivity contribution in [3.63, 3.8) is 0 Å². The summed E-state index contributed by atoms with van der Waals surface area (Å²) < 4.78 is 7.21. The second-order valence-corrected chi connectivity index (χ2v) is 22.5. The summed E-state index contributed by atoms with van der Waals surface area (Å²) in [6.45, 7) is 19.9. The van der Waals surface area contributed by atoms with E-state index in [9.17, 15) is 0 Å².